The zero-order valence-corrected chi connectivity index (χ0v) is 9.53. The monoisotopic (exact) mass is 219 g/mol. The van der Waals surface area contributed by atoms with E-state index in [2.05, 4.69) is 5.32 Å². The van der Waals surface area contributed by atoms with E-state index in [0.717, 1.165) is 18.5 Å². The SMILES string of the molecule is CCC(=O)/C=C/CC(=O)NC1=CCCC=C1. The van der Waals surface area contributed by atoms with Crippen molar-refractivity contribution in [1.82, 2.24) is 5.32 Å². The summed E-state index contributed by atoms with van der Waals surface area (Å²) in [5.74, 6) is -0.0393. The van der Waals surface area contributed by atoms with Crippen LogP contribution in [-0.4, -0.2) is 11.7 Å². The molecule has 1 aliphatic carbocycles. The highest BCUT2D eigenvalue weighted by molar-refractivity contribution is 5.90. The number of nitrogens with one attached hydrogen (secondary N) is 1. The minimum atomic E-state index is -0.0852. The molecule has 0 bridgehead atoms. The average Bonchev–Trinajstić information content (AvgIpc) is 2.30. The Kier molecular flexibility index (Phi) is 5.26. The second kappa shape index (κ2) is 6.77. The molecule has 3 heteroatoms. The second-order valence-corrected chi connectivity index (χ2v) is 3.61. The summed E-state index contributed by atoms with van der Waals surface area (Å²) in [6.07, 6.45) is 11.7. The first-order chi connectivity index (χ1) is 7.72. The summed E-state index contributed by atoms with van der Waals surface area (Å²) in [5, 5.41) is 2.78. The largest absolute Gasteiger partial charge is 0.326 e. The number of hydrogen-bond acceptors (Lipinski definition) is 2. The first-order valence-electron chi connectivity index (χ1n) is 5.58. The zero-order chi connectivity index (χ0) is 11.8. The molecule has 0 heterocycles. The highest BCUT2D eigenvalue weighted by Gasteiger charge is 2.02. The predicted molar refractivity (Wildman–Crippen MR) is 63.7 cm³/mol. The van der Waals surface area contributed by atoms with Crippen LogP contribution in [0.5, 0.6) is 0 Å². The van der Waals surface area contributed by atoms with Crippen molar-refractivity contribution in [2.75, 3.05) is 0 Å². The van der Waals surface area contributed by atoms with E-state index in [4.69, 9.17) is 0 Å². The number of carbonyl (C=O) groups excluding carboxylic acids is 2. The first-order valence-corrected chi connectivity index (χ1v) is 5.58. The van der Waals surface area contributed by atoms with Gasteiger partial charge in [0.2, 0.25) is 5.91 Å². The number of amides is 1. The summed E-state index contributed by atoms with van der Waals surface area (Å²) in [6.45, 7) is 1.80. The average molecular weight is 219 g/mol. The molecule has 16 heavy (non-hydrogen) atoms. The van der Waals surface area contributed by atoms with E-state index in [-0.39, 0.29) is 18.1 Å². The maximum absolute atomic E-state index is 11.4. The molecule has 0 aromatic heterocycles. The van der Waals surface area contributed by atoms with E-state index in [1.165, 1.54) is 6.08 Å². The van der Waals surface area contributed by atoms with Crippen LogP contribution in [-0.2, 0) is 9.59 Å². The quantitative estimate of drug-likeness (QED) is 0.721. The van der Waals surface area contributed by atoms with E-state index < -0.39 is 0 Å². The van der Waals surface area contributed by atoms with Gasteiger partial charge in [-0.15, -0.1) is 0 Å². The van der Waals surface area contributed by atoms with E-state index in [1.54, 1.807) is 13.0 Å². The summed E-state index contributed by atoms with van der Waals surface area (Å²) < 4.78 is 0. The van der Waals surface area contributed by atoms with Gasteiger partial charge < -0.3 is 5.32 Å². The van der Waals surface area contributed by atoms with Crippen LogP contribution >= 0.6 is 0 Å². The normalized spacial score (nSPS) is 14.9. The lowest BCUT2D eigenvalue weighted by atomic mass is 10.1. The zero-order valence-electron chi connectivity index (χ0n) is 9.53. The van der Waals surface area contributed by atoms with Crippen molar-refractivity contribution in [2.45, 2.75) is 32.6 Å². The van der Waals surface area contributed by atoms with Crippen LogP contribution in [0.15, 0.2) is 36.1 Å². The van der Waals surface area contributed by atoms with Gasteiger partial charge in [-0.1, -0.05) is 25.2 Å². The Morgan fingerprint density at radius 3 is 2.88 bits per heavy atom. The van der Waals surface area contributed by atoms with Gasteiger partial charge in [-0.05, 0) is 25.0 Å². The van der Waals surface area contributed by atoms with Gasteiger partial charge in [0.05, 0.1) is 0 Å². The summed E-state index contributed by atoms with van der Waals surface area (Å²) in [7, 11) is 0. The third-order valence-corrected chi connectivity index (χ3v) is 2.23. The van der Waals surface area contributed by atoms with Crippen molar-refractivity contribution >= 4 is 11.7 Å². The van der Waals surface area contributed by atoms with Crippen LogP contribution in [0.1, 0.15) is 32.6 Å². The topological polar surface area (TPSA) is 46.2 Å². The van der Waals surface area contributed by atoms with Crippen LogP contribution in [0.3, 0.4) is 0 Å². The maximum Gasteiger partial charge on any atom is 0.228 e. The van der Waals surface area contributed by atoms with Crippen molar-refractivity contribution in [3.05, 3.63) is 36.1 Å². The summed E-state index contributed by atoms with van der Waals surface area (Å²) in [4.78, 5) is 22.4. The Labute approximate surface area is 95.9 Å². The molecule has 86 valence electrons. The molecule has 0 saturated heterocycles. The molecule has 1 N–H and O–H groups in total. The minimum Gasteiger partial charge on any atom is -0.326 e. The summed E-state index contributed by atoms with van der Waals surface area (Å²) in [5.41, 5.74) is 0.853. The van der Waals surface area contributed by atoms with Gasteiger partial charge in [0.1, 0.15) is 0 Å². The summed E-state index contributed by atoms with van der Waals surface area (Å²) >= 11 is 0. The number of carbonyl (C=O) groups is 2. The Morgan fingerprint density at radius 2 is 2.25 bits per heavy atom. The third kappa shape index (κ3) is 4.73. The Morgan fingerprint density at radius 1 is 1.44 bits per heavy atom. The predicted octanol–water partition coefficient (Wildman–Crippen LogP) is 2.26. The molecule has 1 rings (SSSR count). The van der Waals surface area contributed by atoms with Gasteiger partial charge in [-0.25, -0.2) is 0 Å². The molecule has 0 spiro atoms. The fourth-order valence-electron chi connectivity index (χ4n) is 1.33. The standard InChI is InChI=1S/C13H17NO2/c1-2-12(15)9-6-10-13(16)14-11-7-4-3-5-8-11/h4,6-9H,2-3,5,10H2,1H3,(H,14,16)/b9-6+. The smallest absolute Gasteiger partial charge is 0.228 e. The van der Waals surface area contributed by atoms with Crippen molar-refractivity contribution < 1.29 is 9.59 Å². The van der Waals surface area contributed by atoms with Crippen molar-refractivity contribution in [2.24, 2.45) is 0 Å². The molecule has 0 aromatic carbocycles. The lowest BCUT2D eigenvalue weighted by Crippen LogP contribution is -2.21. The minimum absolute atomic E-state index is 0.0459. The van der Waals surface area contributed by atoms with Crippen molar-refractivity contribution in [3.8, 4) is 0 Å². The number of rotatable bonds is 5. The second-order valence-electron chi connectivity index (χ2n) is 3.61. The molecule has 0 aliphatic heterocycles. The van der Waals surface area contributed by atoms with Crippen LogP contribution in [0.2, 0.25) is 0 Å². The highest BCUT2D eigenvalue weighted by atomic mass is 16.1. The van der Waals surface area contributed by atoms with Gasteiger partial charge >= 0.3 is 0 Å². The molecular formula is C13H17NO2. The van der Waals surface area contributed by atoms with E-state index in [0.29, 0.717) is 6.42 Å². The Bertz CT molecular complexity index is 351. The fraction of sp³-hybridized carbons (Fsp3) is 0.385. The van der Waals surface area contributed by atoms with Gasteiger partial charge in [0, 0.05) is 18.5 Å². The van der Waals surface area contributed by atoms with Gasteiger partial charge in [-0.3, -0.25) is 9.59 Å². The Hall–Kier alpha value is -1.64. The molecule has 0 radical (unpaired) electrons. The molecule has 0 saturated carbocycles. The molecule has 0 aromatic rings. The van der Waals surface area contributed by atoms with Crippen LogP contribution in [0.25, 0.3) is 0 Å². The van der Waals surface area contributed by atoms with Crippen LogP contribution in [0, 0.1) is 0 Å². The molecule has 3 nitrogen and oxygen atoms in total. The van der Waals surface area contributed by atoms with E-state index in [1.807, 2.05) is 18.2 Å². The molecule has 1 aliphatic rings. The summed E-state index contributed by atoms with van der Waals surface area (Å²) in [6, 6.07) is 0. The maximum atomic E-state index is 11.4. The van der Waals surface area contributed by atoms with Crippen molar-refractivity contribution in [1.29, 1.82) is 0 Å². The number of ketones is 1. The van der Waals surface area contributed by atoms with Gasteiger partial charge in [0.15, 0.2) is 5.78 Å². The Balaban J connectivity index is 2.31. The van der Waals surface area contributed by atoms with E-state index >= 15 is 0 Å². The van der Waals surface area contributed by atoms with Crippen molar-refractivity contribution in [3.63, 3.8) is 0 Å². The lowest BCUT2D eigenvalue weighted by Gasteiger charge is -2.07. The fourth-order valence-corrected chi connectivity index (χ4v) is 1.33. The molecule has 1 amide bonds. The molecular weight excluding hydrogens is 202 g/mol. The molecule has 0 atom stereocenters. The first kappa shape index (κ1) is 12.4. The molecule has 0 unspecified atom stereocenters. The molecule has 0 fully saturated rings. The van der Waals surface area contributed by atoms with Crippen LogP contribution in [0.4, 0.5) is 0 Å². The van der Waals surface area contributed by atoms with Crippen LogP contribution < -0.4 is 5.32 Å². The number of hydrogen-bond donors (Lipinski definition) is 1. The van der Waals surface area contributed by atoms with Gasteiger partial charge in [0.25, 0.3) is 0 Å². The van der Waals surface area contributed by atoms with Gasteiger partial charge in [-0.2, -0.15) is 0 Å². The lowest BCUT2D eigenvalue weighted by molar-refractivity contribution is -0.119. The number of allylic oxidation sites excluding steroid dienone is 4. The van der Waals surface area contributed by atoms with E-state index in [9.17, 15) is 9.59 Å². The third-order valence-electron chi connectivity index (χ3n) is 2.23. The highest BCUT2D eigenvalue weighted by Crippen LogP contribution is 2.06.